The number of carbonyl (C=O) groups excluding carboxylic acids is 1. The molecule has 0 fully saturated rings. The maximum Gasteiger partial charge on any atom is 0.325 e. The van der Waals surface area contributed by atoms with Crippen LogP contribution in [0.25, 0.3) is 0 Å². The number of benzene rings is 1. The average Bonchev–Trinajstić information content (AvgIpc) is 2.49. The molecule has 72 valence electrons. The van der Waals surface area contributed by atoms with Crippen LogP contribution >= 0.6 is 0 Å². The molecule has 14 heavy (non-hydrogen) atoms. The van der Waals surface area contributed by atoms with E-state index in [0.29, 0.717) is 0 Å². The largest absolute Gasteiger partial charge is 0.434 e. The number of hydrogen-bond acceptors (Lipinski definition) is 2. The quantitative estimate of drug-likeness (QED) is 0.632. The van der Waals surface area contributed by atoms with E-state index < -0.39 is 5.41 Å². The molecule has 0 aliphatic carbocycles. The zero-order chi connectivity index (χ0) is 10.2. The molecule has 1 heterocycles. The summed E-state index contributed by atoms with van der Waals surface area (Å²) in [4.78, 5) is 11.5. The van der Waals surface area contributed by atoms with Crippen molar-refractivity contribution in [2.75, 3.05) is 0 Å². The van der Waals surface area contributed by atoms with Gasteiger partial charge in [0.2, 0.25) is 0 Å². The summed E-state index contributed by atoms with van der Waals surface area (Å²) in [6.07, 6.45) is 3.25. The first-order valence-corrected chi connectivity index (χ1v) is 4.59. The minimum absolute atomic E-state index is 0.207. The molecule has 0 spiro atoms. The molecule has 0 amide bonds. The molecule has 1 aromatic rings. The Labute approximate surface area is 83.2 Å². The predicted octanol–water partition coefficient (Wildman–Crippen LogP) is 2.32. The van der Waals surface area contributed by atoms with Crippen LogP contribution in [0, 0.1) is 6.92 Å². The standard InChI is InChI=1S/C12H12O2/c1-9-3-5-10(6-4-9)12(2)7-8-14-11(12)13/h3-8H,1-2H3/t12-/m0/s1. The Hall–Kier alpha value is -1.57. The van der Waals surface area contributed by atoms with Gasteiger partial charge in [-0.1, -0.05) is 29.8 Å². The lowest BCUT2D eigenvalue weighted by atomic mass is 9.83. The first-order chi connectivity index (χ1) is 6.63. The molecule has 2 heteroatoms. The number of rotatable bonds is 1. The van der Waals surface area contributed by atoms with Crippen molar-refractivity contribution in [3.8, 4) is 0 Å². The fourth-order valence-electron chi connectivity index (χ4n) is 1.54. The molecule has 0 aromatic heterocycles. The lowest BCUT2D eigenvalue weighted by molar-refractivity contribution is -0.139. The summed E-state index contributed by atoms with van der Waals surface area (Å²) in [6.45, 7) is 3.89. The SMILES string of the molecule is Cc1ccc([C@]2(C)C=COC2=O)cc1. The highest BCUT2D eigenvalue weighted by molar-refractivity contribution is 5.87. The average molecular weight is 188 g/mol. The van der Waals surface area contributed by atoms with E-state index in [1.807, 2.05) is 38.1 Å². The number of esters is 1. The van der Waals surface area contributed by atoms with Gasteiger partial charge in [-0.3, -0.25) is 4.79 Å². The molecule has 1 atom stereocenters. The second-order valence-corrected chi connectivity index (χ2v) is 3.78. The zero-order valence-electron chi connectivity index (χ0n) is 8.28. The zero-order valence-corrected chi connectivity index (χ0v) is 8.28. The molecule has 2 nitrogen and oxygen atoms in total. The van der Waals surface area contributed by atoms with Crippen molar-refractivity contribution in [1.82, 2.24) is 0 Å². The Morgan fingerprint density at radius 1 is 1.21 bits per heavy atom. The number of cyclic esters (lactones) is 1. The molecule has 0 radical (unpaired) electrons. The summed E-state index contributed by atoms with van der Waals surface area (Å²) in [7, 11) is 0. The van der Waals surface area contributed by atoms with Crippen LogP contribution in [0.2, 0.25) is 0 Å². The van der Waals surface area contributed by atoms with Crippen LogP contribution in [0.3, 0.4) is 0 Å². The smallest absolute Gasteiger partial charge is 0.325 e. The van der Waals surface area contributed by atoms with Gasteiger partial charge in [0.1, 0.15) is 5.41 Å². The highest BCUT2D eigenvalue weighted by atomic mass is 16.5. The number of ether oxygens (including phenoxy) is 1. The Bertz CT molecular complexity index is 389. The van der Waals surface area contributed by atoms with Crippen LogP contribution < -0.4 is 0 Å². The third-order valence-corrected chi connectivity index (χ3v) is 2.65. The third kappa shape index (κ3) is 1.23. The van der Waals surface area contributed by atoms with Crippen LogP contribution in [-0.2, 0) is 14.9 Å². The summed E-state index contributed by atoms with van der Waals surface area (Å²) >= 11 is 0. The molecule has 1 aromatic carbocycles. The molecular formula is C12H12O2. The van der Waals surface area contributed by atoms with Crippen molar-refractivity contribution in [2.45, 2.75) is 19.3 Å². The van der Waals surface area contributed by atoms with E-state index in [1.54, 1.807) is 6.08 Å². The molecule has 1 aliphatic rings. The summed E-state index contributed by atoms with van der Waals surface area (Å²) in [5.74, 6) is -0.207. The van der Waals surface area contributed by atoms with Gasteiger partial charge in [-0.25, -0.2) is 0 Å². The van der Waals surface area contributed by atoms with Crippen molar-refractivity contribution in [3.05, 3.63) is 47.7 Å². The van der Waals surface area contributed by atoms with Crippen molar-refractivity contribution in [3.63, 3.8) is 0 Å². The summed E-state index contributed by atoms with van der Waals surface area (Å²) < 4.78 is 4.83. The van der Waals surface area contributed by atoms with Crippen LogP contribution in [0.15, 0.2) is 36.6 Å². The topological polar surface area (TPSA) is 26.3 Å². The van der Waals surface area contributed by atoms with Gasteiger partial charge in [-0.2, -0.15) is 0 Å². The molecule has 0 saturated carbocycles. The molecule has 0 N–H and O–H groups in total. The Kier molecular flexibility index (Phi) is 1.92. The highest BCUT2D eigenvalue weighted by Crippen LogP contribution is 2.31. The monoisotopic (exact) mass is 188 g/mol. The van der Waals surface area contributed by atoms with Gasteiger partial charge in [0.05, 0.1) is 6.26 Å². The first kappa shape index (κ1) is 9.00. The predicted molar refractivity (Wildman–Crippen MR) is 53.8 cm³/mol. The molecule has 1 aliphatic heterocycles. The van der Waals surface area contributed by atoms with Crippen molar-refractivity contribution < 1.29 is 9.53 Å². The van der Waals surface area contributed by atoms with E-state index in [4.69, 9.17) is 4.74 Å². The minimum atomic E-state index is -0.603. The lowest BCUT2D eigenvalue weighted by Gasteiger charge is -2.18. The molecule has 0 unspecified atom stereocenters. The molecular weight excluding hydrogens is 176 g/mol. The lowest BCUT2D eigenvalue weighted by Crippen LogP contribution is -2.27. The molecule has 0 saturated heterocycles. The summed E-state index contributed by atoms with van der Waals surface area (Å²) in [6, 6.07) is 7.93. The van der Waals surface area contributed by atoms with Crippen LogP contribution in [0.1, 0.15) is 18.1 Å². The Balaban J connectivity index is 2.44. The van der Waals surface area contributed by atoms with E-state index in [-0.39, 0.29) is 5.97 Å². The number of aryl methyl sites for hydroxylation is 1. The maximum atomic E-state index is 11.5. The second kappa shape index (κ2) is 2.98. The number of hydrogen-bond donors (Lipinski definition) is 0. The molecule has 0 bridgehead atoms. The van der Waals surface area contributed by atoms with Gasteiger partial charge in [0, 0.05) is 0 Å². The highest BCUT2D eigenvalue weighted by Gasteiger charge is 2.37. The van der Waals surface area contributed by atoms with Crippen molar-refractivity contribution in [1.29, 1.82) is 0 Å². The van der Waals surface area contributed by atoms with Gasteiger partial charge in [-0.05, 0) is 25.5 Å². The van der Waals surface area contributed by atoms with Gasteiger partial charge in [-0.15, -0.1) is 0 Å². The van der Waals surface area contributed by atoms with Crippen molar-refractivity contribution >= 4 is 5.97 Å². The maximum absolute atomic E-state index is 11.5. The van der Waals surface area contributed by atoms with Crippen molar-refractivity contribution in [2.24, 2.45) is 0 Å². The summed E-state index contributed by atoms with van der Waals surface area (Å²) in [5, 5.41) is 0. The van der Waals surface area contributed by atoms with E-state index in [1.165, 1.54) is 11.8 Å². The Morgan fingerprint density at radius 3 is 2.36 bits per heavy atom. The normalized spacial score (nSPS) is 25.1. The number of carbonyl (C=O) groups is 1. The van der Waals surface area contributed by atoms with E-state index >= 15 is 0 Å². The van der Waals surface area contributed by atoms with E-state index in [0.717, 1.165) is 5.56 Å². The van der Waals surface area contributed by atoms with Crippen LogP contribution in [0.4, 0.5) is 0 Å². The van der Waals surface area contributed by atoms with Gasteiger partial charge in [0.25, 0.3) is 0 Å². The first-order valence-electron chi connectivity index (χ1n) is 4.59. The van der Waals surface area contributed by atoms with E-state index in [9.17, 15) is 4.79 Å². The summed E-state index contributed by atoms with van der Waals surface area (Å²) in [5.41, 5.74) is 1.56. The van der Waals surface area contributed by atoms with Gasteiger partial charge >= 0.3 is 5.97 Å². The minimum Gasteiger partial charge on any atom is -0.434 e. The fraction of sp³-hybridized carbons (Fsp3) is 0.250. The van der Waals surface area contributed by atoms with Crippen LogP contribution in [0.5, 0.6) is 0 Å². The van der Waals surface area contributed by atoms with Crippen LogP contribution in [-0.4, -0.2) is 5.97 Å². The fourth-order valence-corrected chi connectivity index (χ4v) is 1.54. The third-order valence-electron chi connectivity index (χ3n) is 2.65. The van der Waals surface area contributed by atoms with Gasteiger partial charge in [0.15, 0.2) is 0 Å². The Morgan fingerprint density at radius 2 is 1.86 bits per heavy atom. The van der Waals surface area contributed by atoms with E-state index in [2.05, 4.69) is 0 Å². The molecule has 2 rings (SSSR count). The second-order valence-electron chi connectivity index (χ2n) is 3.78. The van der Waals surface area contributed by atoms with Gasteiger partial charge < -0.3 is 4.74 Å².